The number of amides is 1. The molecule has 2 N–H and O–H groups in total. The summed E-state index contributed by atoms with van der Waals surface area (Å²) in [6.07, 6.45) is 2.90. The zero-order valence-corrected chi connectivity index (χ0v) is 12.2. The first-order valence-electron chi connectivity index (χ1n) is 5.86. The van der Waals surface area contributed by atoms with Gasteiger partial charge in [0.15, 0.2) is 10.9 Å². The molecule has 1 saturated heterocycles. The van der Waals surface area contributed by atoms with Crippen LogP contribution in [0.15, 0.2) is 21.6 Å². The highest BCUT2D eigenvalue weighted by Gasteiger charge is 2.24. The molecule has 1 aliphatic rings. The van der Waals surface area contributed by atoms with Crippen LogP contribution in [0.25, 0.3) is 0 Å². The normalized spacial score (nSPS) is 23.2. The lowest BCUT2D eigenvalue weighted by Crippen LogP contribution is -2.48. The number of halogens is 1. The van der Waals surface area contributed by atoms with Crippen LogP contribution in [0.3, 0.4) is 0 Å². The molecule has 2 heterocycles. The maximum absolute atomic E-state index is 12.0. The second kappa shape index (κ2) is 7.07. The maximum Gasteiger partial charge on any atom is 0.287 e. The van der Waals surface area contributed by atoms with Crippen LogP contribution in [-0.2, 0) is 0 Å². The van der Waals surface area contributed by atoms with Gasteiger partial charge in [0, 0.05) is 6.04 Å². The molecule has 18 heavy (non-hydrogen) atoms. The van der Waals surface area contributed by atoms with Crippen LogP contribution < -0.4 is 10.6 Å². The van der Waals surface area contributed by atoms with E-state index in [1.54, 1.807) is 6.07 Å². The van der Waals surface area contributed by atoms with E-state index in [9.17, 15) is 4.79 Å². The minimum absolute atomic E-state index is 0. The monoisotopic (exact) mass is 290 g/mol. The summed E-state index contributed by atoms with van der Waals surface area (Å²) in [6.45, 7) is 4.06. The quantitative estimate of drug-likeness (QED) is 0.838. The smallest absolute Gasteiger partial charge is 0.287 e. The number of hydrogen-bond donors (Lipinski definition) is 2. The van der Waals surface area contributed by atoms with Gasteiger partial charge in [0.05, 0.1) is 0 Å². The first kappa shape index (κ1) is 15.4. The summed E-state index contributed by atoms with van der Waals surface area (Å²) in [6, 6.07) is 3.80. The maximum atomic E-state index is 12.0. The van der Waals surface area contributed by atoms with Crippen molar-refractivity contribution in [1.82, 2.24) is 10.6 Å². The predicted octanol–water partition coefficient (Wildman–Crippen LogP) is 2.15. The van der Waals surface area contributed by atoms with Gasteiger partial charge in [-0.2, -0.15) is 0 Å². The fraction of sp³-hybridized carbons (Fsp3) is 0.583. The second-order valence-corrected chi connectivity index (χ2v) is 5.18. The molecule has 0 spiro atoms. The summed E-state index contributed by atoms with van der Waals surface area (Å²) in [5.41, 5.74) is 0. The van der Waals surface area contributed by atoms with Gasteiger partial charge in [-0.15, -0.1) is 12.4 Å². The van der Waals surface area contributed by atoms with Gasteiger partial charge in [-0.1, -0.05) is 18.7 Å². The van der Waals surface area contributed by atoms with Crippen LogP contribution in [-0.4, -0.2) is 31.3 Å². The molecule has 1 aliphatic heterocycles. The van der Waals surface area contributed by atoms with Gasteiger partial charge in [-0.05, 0) is 43.8 Å². The molecule has 102 valence electrons. The van der Waals surface area contributed by atoms with Crippen LogP contribution in [0, 0.1) is 5.92 Å². The number of nitrogens with one attached hydrogen (secondary N) is 2. The summed E-state index contributed by atoms with van der Waals surface area (Å²) < 4.78 is 5.41. The van der Waals surface area contributed by atoms with E-state index in [1.807, 2.05) is 12.3 Å². The fourth-order valence-electron chi connectivity index (χ4n) is 2.02. The zero-order valence-electron chi connectivity index (χ0n) is 10.6. The number of carbonyl (C=O) groups excluding carboxylic acids is 1. The van der Waals surface area contributed by atoms with Gasteiger partial charge in [0.2, 0.25) is 0 Å². The number of furan rings is 1. The summed E-state index contributed by atoms with van der Waals surface area (Å²) in [5, 5.41) is 7.12. The zero-order chi connectivity index (χ0) is 12.3. The van der Waals surface area contributed by atoms with E-state index in [0.717, 1.165) is 24.6 Å². The Morgan fingerprint density at radius 1 is 1.56 bits per heavy atom. The molecule has 0 aromatic carbocycles. The van der Waals surface area contributed by atoms with Crippen LogP contribution in [0.1, 0.15) is 23.9 Å². The molecular formula is C12H19ClN2O2S. The number of thioether (sulfide) groups is 1. The average molecular weight is 291 g/mol. The van der Waals surface area contributed by atoms with Gasteiger partial charge in [-0.25, -0.2) is 0 Å². The van der Waals surface area contributed by atoms with Crippen molar-refractivity contribution < 1.29 is 9.21 Å². The Morgan fingerprint density at radius 2 is 2.33 bits per heavy atom. The van der Waals surface area contributed by atoms with Crippen LogP contribution in [0.4, 0.5) is 0 Å². The van der Waals surface area contributed by atoms with Crippen molar-refractivity contribution in [3.8, 4) is 0 Å². The Hall–Kier alpha value is -0.650. The molecule has 1 aromatic heterocycles. The topological polar surface area (TPSA) is 54.3 Å². The van der Waals surface area contributed by atoms with E-state index in [1.165, 1.54) is 11.8 Å². The molecule has 4 nitrogen and oxygen atoms in total. The molecule has 1 fully saturated rings. The molecule has 2 unspecified atom stereocenters. The van der Waals surface area contributed by atoms with Crippen molar-refractivity contribution in [3.05, 3.63) is 17.9 Å². The summed E-state index contributed by atoms with van der Waals surface area (Å²) in [7, 11) is 0. The summed E-state index contributed by atoms with van der Waals surface area (Å²) >= 11 is 1.50. The van der Waals surface area contributed by atoms with Gasteiger partial charge in [-0.3, -0.25) is 4.79 Å². The number of piperidine rings is 1. The third-order valence-corrected chi connectivity index (χ3v) is 3.73. The van der Waals surface area contributed by atoms with Gasteiger partial charge in [0.25, 0.3) is 5.91 Å². The summed E-state index contributed by atoms with van der Waals surface area (Å²) in [5.74, 6) is 0.756. The van der Waals surface area contributed by atoms with Crippen molar-refractivity contribution in [2.24, 2.45) is 5.92 Å². The predicted molar refractivity (Wildman–Crippen MR) is 75.6 cm³/mol. The fourth-order valence-corrected chi connectivity index (χ4v) is 2.40. The number of rotatable bonds is 3. The van der Waals surface area contributed by atoms with Crippen molar-refractivity contribution in [2.75, 3.05) is 19.3 Å². The lowest BCUT2D eigenvalue weighted by atomic mass is 9.95. The van der Waals surface area contributed by atoms with Crippen molar-refractivity contribution in [3.63, 3.8) is 0 Å². The molecule has 1 aromatic rings. The average Bonchev–Trinajstić information content (AvgIpc) is 2.81. The molecule has 6 heteroatoms. The van der Waals surface area contributed by atoms with Crippen molar-refractivity contribution >= 4 is 30.1 Å². The Labute approximate surface area is 118 Å². The highest BCUT2D eigenvalue weighted by Crippen LogP contribution is 2.18. The van der Waals surface area contributed by atoms with Crippen LogP contribution in [0.5, 0.6) is 0 Å². The molecular weight excluding hydrogens is 272 g/mol. The molecule has 0 bridgehead atoms. The molecule has 1 amide bonds. The third-order valence-electron chi connectivity index (χ3n) is 3.11. The van der Waals surface area contributed by atoms with E-state index < -0.39 is 0 Å². The number of carbonyl (C=O) groups is 1. The first-order valence-corrected chi connectivity index (χ1v) is 7.08. The molecule has 0 aliphatic carbocycles. The number of hydrogen-bond acceptors (Lipinski definition) is 4. The standard InChI is InChI=1S/C12H18N2O2S.ClH/c1-8-7-13-6-5-9(8)14-12(15)10-3-4-11(16-10)17-2;/h3-4,8-9,13H,5-7H2,1-2H3,(H,14,15);1H. The van der Waals surface area contributed by atoms with E-state index >= 15 is 0 Å². The van der Waals surface area contributed by atoms with E-state index in [0.29, 0.717) is 11.7 Å². The van der Waals surface area contributed by atoms with E-state index in [4.69, 9.17) is 4.42 Å². The van der Waals surface area contributed by atoms with E-state index in [2.05, 4.69) is 17.6 Å². The Kier molecular flexibility index (Phi) is 6.05. The Bertz CT molecular complexity index is 397. The van der Waals surface area contributed by atoms with Gasteiger partial charge in [0.1, 0.15) is 0 Å². The Morgan fingerprint density at radius 3 is 2.94 bits per heavy atom. The SMILES string of the molecule is CSc1ccc(C(=O)NC2CCNCC2C)o1.Cl. The van der Waals surface area contributed by atoms with Crippen molar-refractivity contribution in [2.45, 2.75) is 24.5 Å². The molecule has 2 rings (SSSR count). The summed E-state index contributed by atoms with van der Waals surface area (Å²) in [4.78, 5) is 12.0. The largest absolute Gasteiger partial charge is 0.445 e. The van der Waals surface area contributed by atoms with Gasteiger partial charge < -0.3 is 15.1 Å². The van der Waals surface area contributed by atoms with Gasteiger partial charge >= 0.3 is 0 Å². The lowest BCUT2D eigenvalue weighted by Gasteiger charge is -2.29. The van der Waals surface area contributed by atoms with Crippen LogP contribution in [0.2, 0.25) is 0 Å². The molecule has 0 radical (unpaired) electrons. The first-order chi connectivity index (χ1) is 8.20. The Balaban J connectivity index is 0.00000162. The highest BCUT2D eigenvalue weighted by molar-refractivity contribution is 7.98. The van der Waals surface area contributed by atoms with E-state index in [-0.39, 0.29) is 24.4 Å². The minimum atomic E-state index is -0.107. The molecule has 2 atom stereocenters. The highest BCUT2D eigenvalue weighted by atomic mass is 35.5. The third kappa shape index (κ3) is 3.67. The molecule has 0 saturated carbocycles. The second-order valence-electron chi connectivity index (χ2n) is 4.37. The van der Waals surface area contributed by atoms with Crippen molar-refractivity contribution in [1.29, 1.82) is 0 Å². The lowest BCUT2D eigenvalue weighted by molar-refractivity contribution is 0.0881. The van der Waals surface area contributed by atoms with Crippen LogP contribution >= 0.6 is 24.2 Å². The minimum Gasteiger partial charge on any atom is -0.445 e.